The summed E-state index contributed by atoms with van der Waals surface area (Å²) in [6.45, 7) is 5.58. The molecule has 0 atom stereocenters. The topological polar surface area (TPSA) is 43.1 Å². The molecule has 0 heterocycles. The Hall–Kier alpha value is -0.540. The van der Waals surface area contributed by atoms with Crippen molar-refractivity contribution in [3.63, 3.8) is 0 Å². The van der Waals surface area contributed by atoms with Gasteiger partial charge >= 0.3 is 0 Å². The van der Waals surface area contributed by atoms with Gasteiger partial charge in [0.2, 0.25) is 0 Å². The molecule has 0 aliphatic carbocycles. The highest BCUT2D eigenvalue weighted by Gasteiger charge is 2.04. The van der Waals surface area contributed by atoms with Gasteiger partial charge in [-0.1, -0.05) is 31.3 Å². The van der Waals surface area contributed by atoms with Gasteiger partial charge in [-0.05, 0) is 11.8 Å². The summed E-state index contributed by atoms with van der Waals surface area (Å²) in [6.07, 6.45) is 2.71. The average molecular weight is 171 g/mol. The van der Waals surface area contributed by atoms with Gasteiger partial charge < -0.3 is 5.73 Å². The van der Waals surface area contributed by atoms with Crippen LogP contribution in [0.2, 0.25) is 0 Å². The first-order valence-electron chi connectivity index (χ1n) is 3.47. The average Bonchev–Trinajstić information content (AvgIpc) is 2.03. The minimum atomic E-state index is -0.0169. The summed E-state index contributed by atoms with van der Waals surface area (Å²) in [6, 6.07) is 0. The van der Waals surface area contributed by atoms with Crippen LogP contribution in [-0.2, 0) is 4.79 Å². The SMILES string of the molecule is C=CS/C(=C\CC)C(=O)CN. The molecule has 0 bridgehead atoms. The lowest BCUT2D eigenvalue weighted by atomic mass is 10.3. The van der Waals surface area contributed by atoms with Crippen molar-refractivity contribution in [3.8, 4) is 0 Å². The van der Waals surface area contributed by atoms with Gasteiger partial charge in [0.15, 0.2) is 5.78 Å². The van der Waals surface area contributed by atoms with Crippen molar-refractivity contribution < 1.29 is 4.79 Å². The summed E-state index contributed by atoms with van der Waals surface area (Å²) in [5.74, 6) is -0.0169. The highest BCUT2D eigenvalue weighted by atomic mass is 32.2. The van der Waals surface area contributed by atoms with Crippen molar-refractivity contribution in [2.24, 2.45) is 5.73 Å². The summed E-state index contributed by atoms with van der Waals surface area (Å²) in [5.41, 5.74) is 5.20. The van der Waals surface area contributed by atoms with Crippen LogP contribution in [0.15, 0.2) is 23.0 Å². The van der Waals surface area contributed by atoms with Crippen LogP contribution in [0, 0.1) is 0 Å². The maximum Gasteiger partial charge on any atom is 0.182 e. The minimum absolute atomic E-state index is 0.0169. The standard InChI is InChI=1S/C8H13NOS/c1-3-5-8(11-4-2)7(10)6-9/h4-5H,2-3,6,9H2,1H3/b8-5-. The molecule has 2 nitrogen and oxygen atoms in total. The molecule has 0 fully saturated rings. The molecule has 0 aromatic heterocycles. The number of ketones is 1. The number of rotatable bonds is 5. The van der Waals surface area contributed by atoms with Crippen LogP contribution in [0.3, 0.4) is 0 Å². The number of carbonyl (C=O) groups is 1. The van der Waals surface area contributed by atoms with Crippen molar-refractivity contribution in [1.82, 2.24) is 0 Å². The molecular weight excluding hydrogens is 158 g/mol. The molecule has 0 aromatic rings. The summed E-state index contributed by atoms with van der Waals surface area (Å²) in [4.78, 5) is 11.7. The summed E-state index contributed by atoms with van der Waals surface area (Å²) < 4.78 is 0. The van der Waals surface area contributed by atoms with Crippen LogP contribution < -0.4 is 5.73 Å². The lowest BCUT2D eigenvalue weighted by Gasteiger charge is -1.98. The molecule has 0 unspecified atom stereocenters. The predicted octanol–water partition coefficient (Wildman–Crippen LogP) is 1.68. The largest absolute Gasteiger partial charge is 0.324 e. The Morgan fingerprint density at radius 2 is 2.36 bits per heavy atom. The fourth-order valence-corrected chi connectivity index (χ4v) is 1.26. The molecule has 11 heavy (non-hydrogen) atoms. The van der Waals surface area contributed by atoms with Crippen LogP contribution in [0.5, 0.6) is 0 Å². The molecule has 0 saturated carbocycles. The van der Waals surface area contributed by atoms with Crippen molar-refractivity contribution >= 4 is 17.5 Å². The minimum Gasteiger partial charge on any atom is -0.324 e. The first-order valence-corrected chi connectivity index (χ1v) is 4.35. The molecule has 62 valence electrons. The fourth-order valence-electron chi connectivity index (χ4n) is 0.603. The van der Waals surface area contributed by atoms with Gasteiger partial charge in [-0.15, -0.1) is 0 Å². The number of allylic oxidation sites excluding steroid dienone is 1. The van der Waals surface area contributed by atoms with E-state index < -0.39 is 0 Å². The first-order chi connectivity index (χ1) is 5.26. The Kier molecular flexibility index (Phi) is 5.88. The Labute approximate surface area is 71.5 Å². The second kappa shape index (κ2) is 6.19. The lowest BCUT2D eigenvalue weighted by molar-refractivity contribution is -0.113. The number of Topliss-reactive ketones (excluding diaryl/α,β-unsaturated/α-hetero) is 1. The highest BCUT2D eigenvalue weighted by molar-refractivity contribution is 8.06. The van der Waals surface area contributed by atoms with Gasteiger partial charge in [0.1, 0.15) is 0 Å². The van der Waals surface area contributed by atoms with Gasteiger partial charge in [-0.25, -0.2) is 0 Å². The molecule has 3 heteroatoms. The van der Waals surface area contributed by atoms with E-state index in [-0.39, 0.29) is 12.3 Å². The third kappa shape index (κ3) is 4.01. The smallest absolute Gasteiger partial charge is 0.182 e. The van der Waals surface area contributed by atoms with E-state index in [0.29, 0.717) is 4.91 Å². The molecule has 0 aliphatic heterocycles. The van der Waals surface area contributed by atoms with Crippen molar-refractivity contribution in [1.29, 1.82) is 0 Å². The first kappa shape index (κ1) is 10.5. The molecule has 0 aliphatic rings. The quantitative estimate of drug-likeness (QED) is 0.640. The number of carbonyl (C=O) groups excluding carboxylic acids is 1. The third-order valence-corrected chi connectivity index (χ3v) is 1.87. The highest BCUT2D eigenvalue weighted by Crippen LogP contribution is 2.17. The molecule has 0 spiro atoms. The van der Waals surface area contributed by atoms with E-state index in [0.717, 1.165) is 6.42 Å². The maximum absolute atomic E-state index is 11.0. The number of hydrogen-bond acceptors (Lipinski definition) is 3. The van der Waals surface area contributed by atoms with Crippen molar-refractivity contribution in [3.05, 3.63) is 23.0 Å². The van der Waals surface area contributed by atoms with Gasteiger partial charge in [-0.3, -0.25) is 4.79 Å². The second-order valence-corrected chi connectivity index (χ2v) is 2.90. The van der Waals surface area contributed by atoms with Gasteiger partial charge in [-0.2, -0.15) is 0 Å². The van der Waals surface area contributed by atoms with E-state index in [2.05, 4.69) is 6.58 Å². The third-order valence-electron chi connectivity index (χ3n) is 1.06. The molecule has 2 N–H and O–H groups in total. The monoisotopic (exact) mass is 171 g/mol. The maximum atomic E-state index is 11.0. The van der Waals surface area contributed by atoms with E-state index in [9.17, 15) is 4.79 Å². The van der Waals surface area contributed by atoms with Gasteiger partial charge in [0.05, 0.1) is 11.4 Å². The summed E-state index contributed by atoms with van der Waals surface area (Å²) in [7, 11) is 0. The summed E-state index contributed by atoms with van der Waals surface area (Å²) >= 11 is 1.33. The number of thioether (sulfide) groups is 1. The number of nitrogens with two attached hydrogens (primary N) is 1. The van der Waals surface area contributed by atoms with Crippen LogP contribution in [0.4, 0.5) is 0 Å². The van der Waals surface area contributed by atoms with E-state index in [1.165, 1.54) is 11.8 Å². The van der Waals surface area contributed by atoms with Gasteiger partial charge in [0.25, 0.3) is 0 Å². The van der Waals surface area contributed by atoms with Crippen LogP contribution in [0.25, 0.3) is 0 Å². The summed E-state index contributed by atoms with van der Waals surface area (Å²) in [5, 5.41) is 1.63. The Balaban J connectivity index is 4.20. The zero-order valence-corrected chi connectivity index (χ0v) is 7.49. The molecule has 0 aromatic carbocycles. The molecule has 0 radical (unpaired) electrons. The van der Waals surface area contributed by atoms with Crippen molar-refractivity contribution in [2.75, 3.05) is 6.54 Å². The van der Waals surface area contributed by atoms with Crippen LogP contribution in [-0.4, -0.2) is 12.3 Å². The second-order valence-electron chi connectivity index (χ2n) is 1.89. The van der Waals surface area contributed by atoms with E-state index >= 15 is 0 Å². The fraction of sp³-hybridized carbons (Fsp3) is 0.375. The number of hydrogen-bond donors (Lipinski definition) is 1. The molecule has 0 saturated heterocycles. The molecular formula is C8H13NOS. The van der Waals surface area contributed by atoms with E-state index in [1.54, 1.807) is 5.41 Å². The zero-order valence-electron chi connectivity index (χ0n) is 6.67. The molecule has 0 amide bonds. The normalized spacial score (nSPS) is 11.3. The van der Waals surface area contributed by atoms with E-state index in [4.69, 9.17) is 5.73 Å². The zero-order chi connectivity index (χ0) is 8.69. The van der Waals surface area contributed by atoms with Crippen molar-refractivity contribution in [2.45, 2.75) is 13.3 Å². The van der Waals surface area contributed by atoms with Crippen LogP contribution >= 0.6 is 11.8 Å². The molecule has 0 rings (SSSR count). The Morgan fingerprint density at radius 3 is 2.73 bits per heavy atom. The van der Waals surface area contributed by atoms with Gasteiger partial charge in [0, 0.05) is 0 Å². The Morgan fingerprint density at radius 1 is 1.73 bits per heavy atom. The lowest BCUT2D eigenvalue weighted by Crippen LogP contribution is -2.13. The van der Waals surface area contributed by atoms with E-state index in [1.807, 2.05) is 13.0 Å². The van der Waals surface area contributed by atoms with Crippen LogP contribution in [0.1, 0.15) is 13.3 Å². The Bertz CT molecular complexity index is 175. The predicted molar refractivity (Wildman–Crippen MR) is 50.2 cm³/mol.